The Morgan fingerprint density at radius 1 is 0.875 bits per heavy atom. The molecular formula is C20H34ClNO2. The number of rotatable bonds is 14. The molecule has 138 valence electrons. The molecule has 3 nitrogen and oxygen atoms in total. The molecule has 1 rings (SSSR count). The molecule has 0 heterocycles. The molecule has 0 amide bonds. The van der Waals surface area contributed by atoms with Gasteiger partial charge in [0.25, 0.3) is 0 Å². The van der Waals surface area contributed by atoms with Gasteiger partial charge >= 0.3 is 0 Å². The van der Waals surface area contributed by atoms with E-state index in [0.717, 1.165) is 41.6 Å². The Labute approximate surface area is 153 Å². The van der Waals surface area contributed by atoms with Crippen LogP contribution in [0.15, 0.2) is 12.1 Å². The molecule has 0 aromatic heterocycles. The van der Waals surface area contributed by atoms with Gasteiger partial charge in [0, 0.05) is 17.6 Å². The highest BCUT2D eigenvalue weighted by Gasteiger charge is 2.11. The van der Waals surface area contributed by atoms with Crippen molar-refractivity contribution in [1.82, 2.24) is 5.32 Å². The van der Waals surface area contributed by atoms with Crippen LogP contribution in [0.4, 0.5) is 0 Å². The van der Waals surface area contributed by atoms with Crippen molar-refractivity contribution >= 4 is 11.6 Å². The van der Waals surface area contributed by atoms with Crippen LogP contribution in [0.1, 0.15) is 71.3 Å². The molecule has 1 aromatic rings. The molecule has 4 heteroatoms. The van der Waals surface area contributed by atoms with Crippen LogP contribution >= 0.6 is 11.6 Å². The molecule has 0 saturated carbocycles. The predicted octanol–water partition coefficient (Wildman–Crippen LogP) is 5.98. The van der Waals surface area contributed by atoms with Gasteiger partial charge in [-0.25, -0.2) is 0 Å². The van der Waals surface area contributed by atoms with Gasteiger partial charge in [0.15, 0.2) is 11.5 Å². The molecule has 1 N–H and O–H groups in total. The van der Waals surface area contributed by atoms with Crippen LogP contribution in [-0.2, 0) is 6.54 Å². The monoisotopic (exact) mass is 355 g/mol. The number of unbranched alkanes of at least 4 members (excludes halogenated alkanes) is 5. The van der Waals surface area contributed by atoms with Crippen molar-refractivity contribution in [3.05, 3.63) is 22.7 Å². The van der Waals surface area contributed by atoms with Crippen LogP contribution in [0.3, 0.4) is 0 Å². The highest BCUT2D eigenvalue weighted by molar-refractivity contribution is 6.31. The molecule has 0 radical (unpaired) electrons. The van der Waals surface area contributed by atoms with Gasteiger partial charge in [-0.3, -0.25) is 0 Å². The maximum atomic E-state index is 6.40. The maximum Gasteiger partial charge on any atom is 0.162 e. The Kier molecular flexibility index (Phi) is 11.8. The molecule has 0 unspecified atom stereocenters. The molecule has 1 aromatic carbocycles. The lowest BCUT2D eigenvalue weighted by molar-refractivity contribution is 0.276. The summed E-state index contributed by atoms with van der Waals surface area (Å²) in [5.41, 5.74) is 1.06. The van der Waals surface area contributed by atoms with Gasteiger partial charge in [-0.1, -0.05) is 57.6 Å². The molecule has 0 saturated heterocycles. The summed E-state index contributed by atoms with van der Waals surface area (Å²) in [4.78, 5) is 0. The number of nitrogens with one attached hydrogen (secondary N) is 1. The largest absolute Gasteiger partial charge is 0.490 e. The van der Waals surface area contributed by atoms with Gasteiger partial charge in [0.1, 0.15) is 0 Å². The molecule has 0 spiro atoms. The van der Waals surface area contributed by atoms with Crippen molar-refractivity contribution in [3.8, 4) is 11.5 Å². The average molecular weight is 356 g/mol. The standard InChI is InChI=1S/C20H34ClNO2/c1-4-7-8-9-10-11-12-22-16-17-14-19(23-6-3)20(15-18(17)21)24-13-5-2/h14-15,22H,4-13,16H2,1-3H3. The second-order valence-corrected chi connectivity index (χ2v) is 6.52. The van der Waals surface area contributed by atoms with Gasteiger partial charge in [-0.15, -0.1) is 0 Å². The lowest BCUT2D eigenvalue weighted by Crippen LogP contribution is -2.15. The number of ether oxygens (including phenoxy) is 2. The van der Waals surface area contributed by atoms with E-state index in [9.17, 15) is 0 Å². The van der Waals surface area contributed by atoms with E-state index in [2.05, 4.69) is 19.2 Å². The minimum absolute atomic E-state index is 0.620. The third kappa shape index (κ3) is 8.25. The Morgan fingerprint density at radius 2 is 1.58 bits per heavy atom. The highest BCUT2D eigenvalue weighted by atomic mass is 35.5. The topological polar surface area (TPSA) is 30.5 Å². The van der Waals surface area contributed by atoms with Gasteiger partial charge in [-0.05, 0) is 37.9 Å². The van der Waals surface area contributed by atoms with Crippen LogP contribution in [0, 0.1) is 0 Å². The molecule has 0 bridgehead atoms. The first-order valence-corrected chi connectivity index (χ1v) is 9.89. The lowest BCUT2D eigenvalue weighted by Gasteiger charge is -2.15. The minimum Gasteiger partial charge on any atom is -0.490 e. The molecule has 0 aliphatic rings. The fourth-order valence-electron chi connectivity index (χ4n) is 2.56. The summed E-state index contributed by atoms with van der Waals surface area (Å²) in [6, 6.07) is 3.88. The van der Waals surface area contributed by atoms with E-state index in [4.69, 9.17) is 21.1 Å². The zero-order valence-electron chi connectivity index (χ0n) is 15.6. The van der Waals surface area contributed by atoms with Gasteiger partial charge in [0.05, 0.1) is 13.2 Å². The van der Waals surface area contributed by atoms with E-state index >= 15 is 0 Å². The molecule has 0 atom stereocenters. The molecular weight excluding hydrogens is 322 g/mol. The molecule has 0 aliphatic heterocycles. The van der Waals surface area contributed by atoms with Crippen molar-refractivity contribution in [3.63, 3.8) is 0 Å². The summed E-state index contributed by atoms with van der Waals surface area (Å²) in [6.45, 7) is 9.40. The third-order valence-electron chi connectivity index (χ3n) is 3.90. The summed E-state index contributed by atoms with van der Waals surface area (Å²) in [5, 5.41) is 4.22. The van der Waals surface area contributed by atoms with E-state index in [0.29, 0.717) is 13.2 Å². The summed E-state index contributed by atoms with van der Waals surface area (Å²) < 4.78 is 11.4. The van der Waals surface area contributed by atoms with E-state index < -0.39 is 0 Å². The van der Waals surface area contributed by atoms with Crippen molar-refractivity contribution in [2.75, 3.05) is 19.8 Å². The number of hydrogen-bond donors (Lipinski definition) is 1. The molecule has 24 heavy (non-hydrogen) atoms. The zero-order valence-corrected chi connectivity index (χ0v) is 16.4. The highest BCUT2D eigenvalue weighted by Crippen LogP contribution is 2.33. The normalized spacial score (nSPS) is 10.8. The second-order valence-electron chi connectivity index (χ2n) is 6.12. The van der Waals surface area contributed by atoms with E-state index in [1.54, 1.807) is 0 Å². The summed E-state index contributed by atoms with van der Waals surface area (Å²) in [7, 11) is 0. The average Bonchev–Trinajstić information content (AvgIpc) is 2.58. The Balaban J connectivity index is 2.45. The maximum absolute atomic E-state index is 6.40. The molecule has 0 aliphatic carbocycles. The summed E-state index contributed by atoms with van der Waals surface area (Å²) in [5.74, 6) is 1.52. The quantitative estimate of drug-likeness (QED) is 0.416. The van der Waals surface area contributed by atoms with Crippen LogP contribution in [0.2, 0.25) is 5.02 Å². The van der Waals surface area contributed by atoms with Crippen molar-refractivity contribution in [2.45, 2.75) is 72.3 Å². The van der Waals surface area contributed by atoms with Crippen LogP contribution < -0.4 is 14.8 Å². The Hall–Kier alpha value is -0.930. The summed E-state index contributed by atoms with van der Waals surface area (Å²) >= 11 is 6.40. The van der Waals surface area contributed by atoms with Crippen LogP contribution in [-0.4, -0.2) is 19.8 Å². The van der Waals surface area contributed by atoms with E-state index in [-0.39, 0.29) is 0 Å². The van der Waals surface area contributed by atoms with Crippen molar-refractivity contribution in [2.24, 2.45) is 0 Å². The van der Waals surface area contributed by atoms with Gasteiger partial charge in [0.2, 0.25) is 0 Å². The first-order chi connectivity index (χ1) is 11.7. The van der Waals surface area contributed by atoms with Crippen molar-refractivity contribution in [1.29, 1.82) is 0 Å². The third-order valence-corrected chi connectivity index (χ3v) is 4.25. The molecule has 0 fully saturated rings. The Bertz CT molecular complexity index is 452. The number of halogens is 1. The van der Waals surface area contributed by atoms with E-state index in [1.807, 2.05) is 19.1 Å². The van der Waals surface area contributed by atoms with Crippen LogP contribution in [0.5, 0.6) is 11.5 Å². The van der Waals surface area contributed by atoms with Gasteiger partial charge < -0.3 is 14.8 Å². The SMILES string of the molecule is CCCCCCCCNCc1cc(OCC)c(OCCC)cc1Cl. The lowest BCUT2D eigenvalue weighted by atomic mass is 10.1. The van der Waals surface area contributed by atoms with Crippen molar-refractivity contribution < 1.29 is 9.47 Å². The summed E-state index contributed by atoms with van der Waals surface area (Å²) in [6.07, 6.45) is 8.84. The van der Waals surface area contributed by atoms with Crippen LogP contribution in [0.25, 0.3) is 0 Å². The fourth-order valence-corrected chi connectivity index (χ4v) is 2.78. The second kappa shape index (κ2) is 13.4. The van der Waals surface area contributed by atoms with Gasteiger partial charge in [-0.2, -0.15) is 0 Å². The fraction of sp³-hybridized carbons (Fsp3) is 0.700. The van der Waals surface area contributed by atoms with E-state index in [1.165, 1.54) is 38.5 Å². The first-order valence-electron chi connectivity index (χ1n) is 9.51. The Morgan fingerprint density at radius 3 is 2.29 bits per heavy atom. The first kappa shape index (κ1) is 21.1. The zero-order chi connectivity index (χ0) is 17.6. The minimum atomic E-state index is 0.620. The predicted molar refractivity (Wildman–Crippen MR) is 103 cm³/mol. The smallest absolute Gasteiger partial charge is 0.162 e. The number of benzene rings is 1. The number of hydrogen-bond acceptors (Lipinski definition) is 3.